The van der Waals surface area contributed by atoms with Gasteiger partial charge in [-0.2, -0.15) is 0 Å². The van der Waals surface area contributed by atoms with E-state index >= 15 is 0 Å². The molecule has 0 aliphatic heterocycles. The second-order valence-electron chi connectivity index (χ2n) is 8.77. The number of para-hydroxylation sites is 1. The van der Waals surface area contributed by atoms with Crippen molar-refractivity contribution in [1.29, 1.82) is 0 Å². The summed E-state index contributed by atoms with van der Waals surface area (Å²) in [5.74, 6) is 0.572. The number of fused-ring (bicyclic) bond motifs is 2. The number of rotatable bonds is 4. The van der Waals surface area contributed by atoms with Gasteiger partial charge in [0.15, 0.2) is 0 Å². The number of aromatic nitrogens is 3. The molecule has 6 aromatic rings. The van der Waals surface area contributed by atoms with Crippen molar-refractivity contribution < 1.29 is 0 Å². The number of benzene rings is 4. The zero-order valence-corrected chi connectivity index (χ0v) is 21.2. The monoisotopic (exact) mass is 531 g/mol. The number of hydrogen-bond donors (Lipinski definition) is 1. The van der Waals surface area contributed by atoms with Crippen LogP contribution in [0.5, 0.6) is 0 Å². The quantitative estimate of drug-likeness (QED) is 0.252. The predicted octanol–water partition coefficient (Wildman–Crippen LogP) is 7.78. The zero-order valence-electron chi connectivity index (χ0n) is 19.6. The van der Waals surface area contributed by atoms with Crippen molar-refractivity contribution in [3.63, 3.8) is 0 Å². The molecule has 4 aromatic carbocycles. The Morgan fingerprint density at radius 2 is 1.58 bits per heavy atom. The summed E-state index contributed by atoms with van der Waals surface area (Å²) < 4.78 is 2.53. The minimum atomic E-state index is -0.105. The molecule has 0 amide bonds. The Morgan fingerprint density at radius 3 is 2.39 bits per heavy atom. The molecule has 2 heterocycles. The molecular formula is C31H22BrN3O. The summed E-state index contributed by atoms with van der Waals surface area (Å²) >= 11 is 3.49. The third-order valence-corrected chi connectivity index (χ3v) is 6.85. The summed E-state index contributed by atoms with van der Waals surface area (Å²) in [6, 6.07) is 32.1. The number of halogens is 1. The van der Waals surface area contributed by atoms with Gasteiger partial charge in [0.1, 0.15) is 5.82 Å². The molecule has 0 bridgehead atoms. The van der Waals surface area contributed by atoms with Crippen molar-refractivity contribution in [2.75, 3.05) is 0 Å². The van der Waals surface area contributed by atoms with Crippen molar-refractivity contribution in [2.45, 2.75) is 6.92 Å². The fourth-order valence-corrected chi connectivity index (χ4v) is 4.92. The first-order valence-electron chi connectivity index (χ1n) is 11.7. The first-order valence-corrected chi connectivity index (χ1v) is 12.5. The van der Waals surface area contributed by atoms with E-state index in [1.54, 1.807) is 4.57 Å². The fourth-order valence-electron chi connectivity index (χ4n) is 4.56. The maximum Gasteiger partial charge on any atom is 0.266 e. The minimum Gasteiger partial charge on any atom is -0.354 e. The summed E-state index contributed by atoms with van der Waals surface area (Å²) in [6.45, 7) is 2.03. The van der Waals surface area contributed by atoms with Crippen molar-refractivity contribution >= 4 is 49.9 Å². The van der Waals surface area contributed by atoms with Crippen LogP contribution in [-0.4, -0.2) is 14.5 Å². The molecule has 174 valence electrons. The second kappa shape index (κ2) is 9.10. The molecule has 36 heavy (non-hydrogen) atoms. The van der Waals surface area contributed by atoms with Crippen molar-refractivity contribution in [3.05, 3.63) is 129 Å². The van der Waals surface area contributed by atoms with Gasteiger partial charge >= 0.3 is 0 Å². The molecule has 0 unspecified atom stereocenters. The summed E-state index contributed by atoms with van der Waals surface area (Å²) in [5.41, 5.74) is 6.71. The fraction of sp³-hybridized carbons (Fsp3) is 0.0323. The molecule has 0 spiro atoms. The molecule has 0 aliphatic rings. The van der Waals surface area contributed by atoms with Crippen LogP contribution in [0.15, 0.2) is 106 Å². The van der Waals surface area contributed by atoms with E-state index in [1.807, 2.05) is 85.8 Å². The van der Waals surface area contributed by atoms with Crippen LogP contribution in [0.3, 0.4) is 0 Å². The molecule has 6 rings (SSSR count). The standard InChI is InChI=1S/C31H22BrN3O/c1-20-11-14-23(15-12-20)35-29(33-28-17-13-22(32)19-26(28)31(35)36)18-16-25-24-9-5-6-10-27(24)34-30(25)21-7-3-2-4-8-21/h2-19,34H,1H3/b18-16+. The molecule has 0 fully saturated rings. The number of nitrogens with one attached hydrogen (secondary N) is 1. The molecular weight excluding hydrogens is 510 g/mol. The molecule has 2 aromatic heterocycles. The van der Waals surface area contributed by atoms with Crippen LogP contribution < -0.4 is 5.56 Å². The van der Waals surface area contributed by atoms with Crippen molar-refractivity contribution in [1.82, 2.24) is 14.5 Å². The lowest BCUT2D eigenvalue weighted by molar-refractivity contribution is 0.943. The SMILES string of the molecule is Cc1ccc(-n2c(/C=C/c3c(-c4ccccc4)[nH]c4ccccc34)nc3ccc(Br)cc3c2=O)cc1. The molecule has 0 aliphatic carbocycles. The smallest absolute Gasteiger partial charge is 0.266 e. The number of hydrogen-bond acceptors (Lipinski definition) is 2. The van der Waals surface area contributed by atoms with Gasteiger partial charge in [-0.3, -0.25) is 9.36 Å². The Bertz CT molecular complexity index is 1810. The maximum atomic E-state index is 13.7. The van der Waals surface area contributed by atoms with Crippen LogP contribution >= 0.6 is 15.9 Å². The normalized spacial score (nSPS) is 11.6. The van der Waals surface area contributed by atoms with E-state index in [0.717, 1.165) is 43.4 Å². The Balaban J connectivity index is 1.59. The molecule has 0 saturated heterocycles. The van der Waals surface area contributed by atoms with Gasteiger partial charge in [0, 0.05) is 20.9 Å². The van der Waals surface area contributed by atoms with E-state index in [9.17, 15) is 4.79 Å². The largest absolute Gasteiger partial charge is 0.354 e. The highest BCUT2D eigenvalue weighted by Crippen LogP contribution is 2.32. The zero-order chi connectivity index (χ0) is 24.6. The number of H-pyrrole nitrogens is 1. The first-order chi connectivity index (χ1) is 17.6. The number of aryl methyl sites for hydroxylation is 1. The average molecular weight is 532 g/mol. The van der Waals surface area contributed by atoms with Gasteiger partial charge in [-0.05, 0) is 61.0 Å². The maximum absolute atomic E-state index is 13.7. The highest BCUT2D eigenvalue weighted by molar-refractivity contribution is 9.10. The Kier molecular flexibility index (Phi) is 5.62. The molecule has 5 heteroatoms. The van der Waals surface area contributed by atoms with Crippen LogP contribution in [-0.2, 0) is 0 Å². The Morgan fingerprint density at radius 1 is 0.833 bits per heavy atom. The molecule has 0 saturated carbocycles. The average Bonchev–Trinajstić information content (AvgIpc) is 3.28. The van der Waals surface area contributed by atoms with Gasteiger partial charge in [-0.25, -0.2) is 4.98 Å². The number of aromatic amines is 1. The van der Waals surface area contributed by atoms with Crippen molar-refractivity contribution in [3.8, 4) is 16.9 Å². The minimum absolute atomic E-state index is 0.105. The van der Waals surface area contributed by atoms with Crippen molar-refractivity contribution in [2.24, 2.45) is 0 Å². The molecule has 0 atom stereocenters. The van der Waals surface area contributed by atoms with Crippen LogP contribution in [0, 0.1) is 6.92 Å². The van der Waals surface area contributed by atoms with E-state index in [4.69, 9.17) is 4.98 Å². The van der Waals surface area contributed by atoms with Gasteiger partial charge in [0.25, 0.3) is 5.56 Å². The third-order valence-electron chi connectivity index (χ3n) is 6.36. The second-order valence-corrected chi connectivity index (χ2v) is 9.68. The summed E-state index contributed by atoms with van der Waals surface area (Å²) in [5, 5.41) is 1.68. The van der Waals surface area contributed by atoms with Gasteiger partial charge in [-0.15, -0.1) is 0 Å². The summed E-state index contributed by atoms with van der Waals surface area (Å²) in [7, 11) is 0. The lowest BCUT2D eigenvalue weighted by atomic mass is 10.0. The van der Waals surface area contributed by atoms with Gasteiger partial charge in [-0.1, -0.05) is 82.2 Å². The Hall–Kier alpha value is -4.22. The van der Waals surface area contributed by atoms with Crippen LogP contribution in [0.25, 0.3) is 50.9 Å². The summed E-state index contributed by atoms with van der Waals surface area (Å²) in [6.07, 6.45) is 3.99. The molecule has 0 radical (unpaired) electrons. The predicted molar refractivity (Wildman–Crippen MR) is 152 cm³/mol. The molecule has 1 N–H and O–H groups in total. The van der Waals surface area contributed by atoms with Gasteiger partial charge < -0.3 is 4.98 Å². The Labute approximate surface area is 216 Å². The van der Waals surface area contributed by atoms with E-state index in [0.29, 0.717) is 16.7 Å². The highest BCUT2D eigenvalue weighted by atomic mass is 79.9. The van der Waals surface area contributed by atoms with E-state index in [-0.39, 0.29) is 5.56 Å². The number of nitrogens with zero attached hydrogens (tertiary/aromatic N) is 2. The topological polar surface area (TPSA) is 50.7 Å². The van der Waals surface area contributed by atoms with Crippen LogP contribution in [0.4, 0.5) is 0 Å². The lowest BCUT2D eigenvalue weighted by Crippen LogP contribution is -2.22. The van der Waals surface area contributed by atoms with E-state index in [2.05, 4.69) is 51.3 Å². The van der Waals surface area contributed by atoms with E-state index in [1.165, 1.54) is 0 Å². The van der Waals surface area contributed by atoms with Gasteiger partial charge in [0.2, 0.25) is 0 Å². The summed E-state index contributed by atoms with van der Waals surface area (Å²) in [4.78, 5) is 22.2. The highest BCUT2D eigenvalue weighted by Gasteiger charge is 2.14. The van der Waals surface area contributed by atoms with Crippen LogP contribution in [0.1, 0.15) is 17.0 Å². The molecule has 4 nitrogen and oxygen atoms in total. The van der Waals surface area contributed by atoms with Gasteiger partial charge in [0.05, 0.1) is 22.3 Å². The lowest BCUT2D eigenvalue weighted by Gasteiger charge is -2.12. The van der Waals surface area contributed by atoms with Crippen LogP contribution in [0.2, 0.25) is 0 Å². The third kappa shape index (κ3) is 3.97. The van der Waals surface area contributed by atoms with E-state index < -0.39 is 0 Å². The first kappa shape index (κ1) is 22.3.